The molecule has 1 aliphatic heterocycles. The molecule has 0 aliphatic carbocycles. The molecule has 6 heteroatoms. The smallest absolute Gasteiger partial charge is 0.274 e. The van der Waals surface area contributed by atoms with Crippen LogP contribution in [-0.4, -0.2) is 32.2 Å². The van der Waals surface area contributed by atoms with Crippen LogP contribution in [0.5, 0.6) is 0 Å². The second-order valence-corrected chi connectivity index (χ2v) is 5.66. The van der Waals surface area contributed by atoms with Crippen LogP contribution < -0.4 is 15.2 Å². The Kier molecular flexibility index (Phi) is 4.47. The van der Waals surface area contributed by atoms with Crippen LogP contribution in [0.1, 0.15) is 15.9 Å². The molecule has 0 spiro atoms. The largest absolute Gasteiger partial charge is 0.373 e. The van der Waals surface area contributed by atoms with E-state index in [1.165, 1.54) is 0 Å². The summed E-state index contributed by atoms with van der Waals surface area (Å²) < 4.78 is 5.33. The van der Waals surface area contributed by atoms with Gasteiger partial charge in [0.2, 0.25) is 0 Å². The Bertz CT molecular complexity index is 577. The Labute approximate surface area is 127 Å². The molecule has 3 rings (SSSR count). The number of aromatic nitrogens is 1. The maximum Gasteiger partial charge on any atom is 0.274 e. The number of nitrogens with one attached hydrogen (secondary N) is 2. The minimum absolute atomic E-state index is 0.0639. The zero-order valence-corrected chi connectivity index (χ0v) is 12.5. The molecule has 0 atom stereocenters. The molecule has 2 aromatic rings. The highest BCUT2D eigenvalue weighted by Crippen LogP contribution is 2.10. The number of hydrogen-bond donors (Lipinski definition) is 1. The molecule has 0 aromatic carbocycles. The van der Waals surface area contributed by atoms with Gasteiger partial charge in [0.05, 0.1) is 18.8 Å². The van der Waals surface area contributed by atoms with Gasteiger partial charge in [-0.3, -0.25) is 9.69 Å². The first-order valence-corrected chi connectivity index (χ1v) is 7.91. The summed E-state index contributed by atoms with van der Waals surface area (Å²) in [5.74, 6) is 0.957. The molecular weight excluding hydrogens is 286 g/mol. The van der Waals surface area contributed by atoms with Gasteiger partial charge in [-0.05, 0) is 28.5 Å². The average molecular weight is 304 g/mol. The molecule has 1 saturated heterocycles. The van der Waals surface area contributed by atoms with Gasteiger partial charge >= 0.3 is 0 Å². The van der Waals surface area contributed by atoms with E-state index >= 15 is 0 Å². The lowest BCUT2D eigenvalue weighted by molar-refractivity contribution is -0.364. The Hall–Kier alpha value is -1.92. The molecular formula is C15H18N3O2S+. The number of nitrogens with zero attached hydrogens (tertiary/aromatic N) is 1. The molecule has 0 radical (unpaired) electrons. The van der Waals surface area contributed by atoms with Crippen molar-refractivity contribution in [2.75, 3.05) is 31.2 Å². The lowest BCUT2D eigenvalue weighted by Crippen LogP contribution is -2.39. The third-order valence-electron chi connectivity index (χ3n) is 3.44. The summed E-state index contributed by atoms with van der Waals surface area (Å²) >= 11 is 1.63. The van der Waals surface area contributed by atoms with E-state index in [2.05, 4.69) is 15.2 Å². The van der Waals surface area contributed by atoms with Crippen molar-refractivity contribution in [2.24, 2.45) is 0 Å². The number of amides is 1. The molecule has 1 aliphatic rings. The van der Waals surface area contributed by atoms with E-state index in [0.717, 1.165) is 37.7 Å². The first-order chi connectivity index (χ1) is 10.3. The van der Waals surface area contributed by atoms with Crippen molar-refractivity contribution < 1.29 is 14.5 Å². The number of ether oxygens (including phenoxy) is 1. The summed E-state index contributed by atoms with van der Waals surface area (Å²) in [5.41, 5.74) is 1.77. The van der Waals surface area contributed by atoms with Crippen LogP contribution in [0.4, 0.5) is 5.82 Å². The highest BCUT2D eigenvalue weighted by molar-refractivity contribution is 7.07. The lowest BCUT2D eigenvalue weighted by Gasteiger charge is -2.21. The number of carbonyl (C=O) groups is 1. The van der Waals surface area contributed by atoms with E-state index < -0.39 is 0 Å². The van der Waals surface area contributed by atoms with Crippen LogP contribution in [0.2, 0.25) is 0 Å². The van der Waals surface area contributed by atoms with E-state index in [4.69, 9.17) is 4.74 Å². The molecule has 3 heterocycles. The standard InChI is InChI=1S/C15H17N3O2S/c19-15(17-9-12-3-8-21-11-12)13-1-2-14(16-10-13)18-4-6-20-7-5-18/h1-3,8,10-11H,4-7,9H2,(H,17,19)/p+1. The summed E-state index contributed by atoms with van der Waals surface area (Å²) in [4.78, 5) is 17.5. The molecule has 0 unspecified atom stereocenters. The van der Waals surface area contributed by atoms with Gasteiger partial charge in [0.1, 0.15) is 19.3 Å². The fourth-order valence-electron chi connectivity index (χ4n) is 2.24. The molecule has 2 aromatic heterocycles. The molecule has 21 heavy (non-hydrogen) atoms. The minimum atomic E-state index is -0.0639. The number of hydrogen-bond acceptors (Lipinski definition) is 4. The number of H-pyrrole nitrogens is 1. The van der Waals surface area contributed by atoms with Gasteiger partial charge in [-0.15, -0.1) is 0 Å². The van der Waals surface area contributed by atoms with Crippen LogP contribution in [0, 0.1) is 0 Å². The maximum absolute atomic E-state index is 12.1. The number of carbonyl (C=O) groups excluding carboxylic acids is 1. The van der Waals surface area contributed by atoms with Crippen molar-refractivity contribution in [3.05, 3.63) is 46.3 Å². The summed E-state index contributed by atoms with van der Waals surface area (Å²) in [5, 5.41) is 6.96. The number of morpholine rings is 1. The average Bonchev–Trinajstić information content (AvgIpc) is 3.07. The molecule has 1 amide bonds. The van der Waals surface area contributed by atoms with Crippen molar-refractivity contribution in [1.29, 1.82) is 0 Å². The summed E-state index contributed by atoms with van der Waals surface area (Å²) in [6.45, 7) is 3.81. The van der Waals surface area contributed by atoms with Gasteiger partial charge in [0.15, 0.2) is 0 Å². The number of aromatic amines is 1. The van der Waals surface area contributed by atoms with E-state index in [1.54, 1.807) is 17.5 Å². The van der Waals surface area contributed by atoms with E-state index in [0.29, 0.717) is 12.1 Å². The number of rotatable bonds is 4. The van der Waals surface area contributed by atoms with Gasteiger partial charge in [-0.25, -0.2) is 4.98 Å². The normalized spacial score (nSPS) is 15.0. The Morgan fingerprint density at radius 2 is 2.19 bits per heavy atom. The topological polar surface area (TPSA) is 55.7 Å². The van der Waals surface area contributed by atoms with Crippen molar-refractivity contribution in [1.82, 2.24) is 5.32 Å². The first-order valence-electron chi connectivity index (χ1n) is 6.96. The zero-order chi connectivity index (χ0) is 14.5. The first kappa shape index (κ1) is 14.0. The summed E-state index contributed by atoms with van der Waals surface area (Å²) in [6, 6.07) is 5.81. The zero-order valence-electron chi connectivity index (χ0n) is 11.7. The quantitative estimate of drug-likeness (QED) is 0.927. The van der Waals surface area contributed by atoms with Gasteiger partial charge in [0, 0.05) is 12.6 Å². The predicted molar refractivity (Wildman–Crippen MR) is 81.5 cm³/mol. The molecule has 110 valence electrons. The molecule has 0 bridgehead atoms. The van der Waals surface area contributed by atoms with Crippen molar-refractivity contribution in [3.63, 3.8) is 0 Å². The Morgan fingerprint density at radius 3 is 2.86 bits per heavy atom. The third-order valence-corrected chi connectivity index (χ3v) is 4.18. The Balaban J connectivity index is 1.59. The second-order valence-electron chi connectivity index (χ2n) is 4.88. The Morgan fingerprint density at radius 1 is 1.33 bits per heavy atom. The lowest BCUT2D eigenvalue weighted by atomic mass is 10.2. The van der Waals surface area contributed by atoms with E-state index in [1.807, 2.05) is 29.0 Å². The molecule has 2 N–H and O–H groups in total. The van der Waals surface area contributed by atoms with E-state index in [-0.39, 0.29) is 5.91 Å². The minimum Gasteiger partial charge on any atom is -0.373 e. The fourth-order valence-corrected chi connectivity index (χ4v) is 2.91. The van der Waals surface area contributed by atoms with Crippen LogP contribution in [0.15, 0.2) is 35.2 Å². The van der Waals surface area contributed by atoms with Crippen LogP contribution in [0.25, 0.3) is 0 Å². The predicted octanol–water partition coefficient (Wildman–Crippen LogP) is 1.33. The third kappa shape index (κ3) is 3.59. The van der Waals surface area contributed by atoms with Crippen LogP contribution >= 0.6 is 11.3 Å². The molecule has 5 nitrogen and oxygen atoms in total. The summed E-state index contributed by atoms with van der Waals surface area (Å²) in [7, 11) is 0. The van der Waals surface area contributed by atoms with Gasteiger partial charge < -0.3 is 10.1 Å². The number of thiophene rings is 1. The van der Waals surface area contributed by atoms with Crippen LogP contribution in [-0.2, 0) is 11.3 Å². The van der Waals surface area contributed by atoms with Crippen LogP contribution in [0.3, 0.4) is 0 Å². The maximum atomic E-state index is 12.1. The SMILES string of the molecule is O=C(NCc1ccsc1)c1ccc(N2CCOCC2)[nH+]c1. The van der Waals surface area contributed by atoms with Crippen molar-refractivity contribution >= 4 is 23.1 Å². The second kappa shape index (κ2) is 6.69. The van der Waals surface area contributed by atoms with Gasteiger partial charge in [-0.1, -0.05) is 0 Å². The summed E-state index contributed by atoms with van der Waals surface area (Å²) in [6.07, 6.45) is 1.76. The van der Waals surface area contributed by atoms with Crippen molar-refractivity contribution in [2.45, 2.75) is 6.54 Å². The van der Waals surface area contributed by atoms with E-state index in [9.17, 15) is 4.79 Å². The highest BCUT2D eigenvalue weighted by Gasteiger charge is 2.19. The number of anilines is 1. The molecule has 1 fully saturated rings. The van der Waals surface area contributed by atoms with Gasteiger partial charge in [0.25, 0.3) is 11.7 Å². The van der Waals surface area contributed by atoms with Crippen molar-refractivity contribution in [3.8, 4) is 0 Å². The number of pyridine rings is 1. The van der Waals surface area contributed by atoms with Gasteiger partial charge in [-0.2, -0.15) is 11.3 Å². The molecule has 0 saturated carbocycles. The fraction of sp³-hybridized carbons (Fsp3) is 0.333. The highest BCUT2D eigenvalue weighted by atomic mass is 32.1. The monoisotopic (exact) mass is 304 g/mol.